The van der Waals surface area contributed by atoms with Crippen molar-refractivity contribution in [3.63, 3.8) is 0 Å². The van der Waals surface area contributed by atoms with E-state index in [1.165, 1.54) is 4.90 Å². The molecule has 0 saturated carbocycles. The van der Waals surface area contributed by atoms with Crippen molar-refractivity contribution in [2.45, 2.75) is 23.5 Å². The smallest absolute Gasteiger partial charge is 0.138 e. The van der Waals surface area contributed by atoms with Crippen LogP contribution >= 0.6 is 11.8 Å². The lowest BCUT2D eigenvalue weighted by Crippen LogP contribution is -2.46. The van der Waals surface area contributed by atoms with E-state index >= 15 is 0 Å². The predicted molar refractivity (Wildman–Crippen MR) is 79.1 cm³/mol. The number of ether oxygens (including phenoxy) is 1. The number of para-hydroxylation sites is 1. The lowest BCUT2D eigenvalue weighted by Gasteiger charge is -2.31. The Hall–Kier alpha value is -1.53. The Kier molecular flexibility index (Phi) is 3.93. The molecule has 106 valence electrons. The average molecular weight is 290 g/mol. The molecule has 1 N–H and O–H groups in total. The summed E-state index contributed by atoms with van der Waals surface area (Å²) in [7, 11) is 3.89. The maximum atomic E-state index is 6.13. The molecular formula is C14H18N4OS. The Balaban J connectivity index is 1.73. The van der Waals surface area contributed by atoms with Crippen LogP contribution in [0.25, 0.3) is 0 Å². The van der Waals surface area contributed by atoms with Crippen molar-refractivity contribution < 1.29 is 4.74 Å². The number of fused-ring (bicyclic) bond motifs is 1. The van der Waals surface area contributed by atoms with Crippen LogP contribution in [0.1, 0.15) is 5.82 Å². The van der Waals surface area contributed by atoms with Gasteiger partial charge in [-0.25, -0.2) is 4.98 Å². The van der Waals surface area contributed by atoms with Crippen LogP contribution in [0.5, 0.6) is 5.75 Å². The van der Waals surface area contributed by atoms with Crippen molar-refractivity contribution >= 4 is 11.8 Å². The van der Waals surface area contributed by atoms with Gasteiger partial charge in [-0.2, -0.15) is 5.10 Å². The molecule has 1 aliphatic rings. The minimum atomic E-state index is 0.136. The van der Waals surface area contributed by atoms with Crippen LogP contribution in [0.3, 0.4) is 0 Å². The molecule has 2 heterocycles. The number of likely N-dealkylation sites (N-methyl/N-ethyl adjacent to an activating group) is 1. The lowest BCUT2D eigenvalue weighted by atomic mass is 10.1. The van der Waals surface area contributed by atoms with E-state index < -0.39 is 0 Å². The van der Waals surface area contributed by atoms with Gasteiger partial charge in [0.1, 0.15) is 24.0 Å². The summed E-state index contributed by atoms with van der Waals surface area (Å²) in [6.07, 6.45) is 2.53. The number of nitrogens with one attached hydrogen (secondary N) is 1. The van der Waals surface area contributed by atoms with Crippen molar-refractivity contribution in [1.82, 2.24) is 20.1 Å². The first-order valence-electron chi connectivity index (χ1n) is 6.66. The molecule has 0 spiro atoms. The summed E-state index contributed by atoms with van der Waals surface area (Å²) in [5.41, 5.74) is 0. The van der Waals surface area contributed by atoms with Gasteiger partial charge >= 0.3 is 0 Å². The fourth-order valence-corrected chi connectivity index (χ4v) is 3.43. The number of hydrogen-bond acceptors (Lipinski definition) is 5. The molecule has 0 fully saturated rings. The van der Waals surface area contributed by atoms with E-state index in [0.717, 1.165) is 23.7 Å². The summed E-state index contributed by atoms with van der Waals surface area (Å²) in [5.74, 6) is 2.89. The van der Waals surface area contributed by atoms with E-state index in [1.54, 1.807) is 6.33 Å². The van der Waals surface area contributed by atoms with Crippen molar-refractivity contribution in [3.8, 4) is 5.75 Å². The molecule has 2 atom stereocenters. The van der Waals surface area contributed by atoms with Crippen molar-refractivity contribution in [2.75, 3.05) is 12.8 Å². The van der Waals surface area contributed by atoms with Crippen LogP contribution in [0.2, 0.25) is 0 Å². The van der Waals surface area contributed by atoms with E-state index in [4.69, 9.17) is 4.74 Å². The third-order valence-corrected chi connectivity index (χ3v) is 4.70. The second-order valence-corrected chi connectivity index (χ2v) is 5.88. The predicted octanol–water partition coefficient (Wildman–Crippen LogP) is 1.50. The Labute approximate surface area is 122 Å². The van der Waals surface area contributed by atoms with Gasteiger partial charge in [0, 0.05) is 24.1 Å². The SMILES string of the molecule is CNC(Cc1ncnn1C)C1CSc2ccccc2O1. The molecule has 0 bridgehead atoms. The molecule has 0 aliphatic carbocycles. The van der Waals surface area contributed by atoms with Gasteiger partial charge in [-0.05, 0) is 19.2 Å². The zero-order valence-corrected chi connectivity index (χ0v) is 12.4. The van der Waals surface area contributed by atoms with Crippen LogP contribution in [0, 0.1) is 0 Å². The van der Waals surface area contributed by atoms with Crippen LogP contribution in [-0.4, -0.2) is 39.7 Å². The molecule has 3 rings (SSSR count). The largest absolute Gasteiger partial charge is 0.487 e. The monoisotopic (exact) mass is 290 g/mol. The normalized spacial score (nSPS) is 19.2. The average Bonchev–Trinajstić information content (AvgIpc) is 2.89. The minimum Gasteiger partial charge on any atom is -0.487 e. The van der Waals surface area contributed by atoms with Crippen molar-refractivity contribution in [2.24, 2.45) is 7.05 Å². The molecule has 20 heavy (non-hydrogen) atoms. The molecule has 0 radical (unpaired) electrons. The van der Waals surface area contributed by atoms with Gasteiger partial charge < -0.3 is 10.1 Å². The topological polar surface area (TPSA) is 52.0 Å². The zero-order chi connectivity index (χ0) is 13.9. The standard InChI is InChI=1S/C14H18N4OS/c1-15-10(7-14-16-9-17-18(14)2)12-8-20-13-6-4-3-5-11(13)19-12/h3-6,9-10,12,15H,7-8H2,1-2H3. The fraction of sp³-hybridized carbons (Fsp3) is 0.429. The van der Waals surface area contributed by atoms with Crippen molar-refractivity contribution in [1.29, 1.82) is 0 Å². The van der Waals surface area contributed by atoms with Crippen LogP contribution < -0.4 is 10.1 Å². The first-order valence-corrected chi connectivity index (χ1v) is 7.65. The molecule has 5 nitrogen and oxygen atoms in total. The number of aromatic nitrogens is 3. The molecule has 0 saturated heterocycles. The minimum absolute atomic E-state index is 0.136. The van der Waals surface area contributed by atoms with Gasteiger partial charge in [-0.15, -0.1) is 11.8 Å². The van der Waals surface area contributed by atoms with E-state index in [1.807, 2.05) is 48.7 Å². The number of aryl methyl sites for hydroxylation is 1. The maximum Gasteiger partial charge on any atom is 0.138 e. The number of benzene rings is 1. The van der Waals surface area contributed by atoms with Gasteiger partial charge in [-0.1, -0.05) is 12.1 Å². The third-order valence-electron chi connectivity index (χ3n) is 3.56. The first-order chi connectivity index (χ1) is 9.78. The Morgan fingerprint density at radius 2 is 2.35 bits per heavy atom. The summed E-state index contributed by atoms with van der Waals surface area (Å²) in [4.78, 5) is 5.51. The third kappa shape index (κ3) is 2.66. The van der Waals surface area contributed by atoms with E-state index in [-0.39, 0.29) is 12.1 Å². The zero-order valence-electron chi connectivity index (χ0n) is 11.6. The highest BCUT2D eigenvalue weighted by Crippen LogP contribution is 2.35. The van der Waals surface area contributed by atoms with Crippen LogP contribution in [0.4, 0.5) is 0 Å². The summed E-state index contributed by atoms with van der Waals surface area (Å²) < 4.78 is 7.95. The van der Waals surface area contributed by atoms with Gasteiger partial charge in [0.25, 0.3) is 0 Å². The van der Waals surface area contributed by atoms with Crippen LogP contribution in [0.15, 0.2) is 35.5 Å². The highest BCUT2D eigenvalue weighted by molar-refractivity contribution is 7.99. The lowest BCUT2D eigenvalue weighted by molar-refractivity contribution is 0.168. The number of hydrogen-bond donors (Lipinski definition) is 1. The van der Waals surface area contributed by atoms with E-state index in [9.17, 15) is 0 Å². The Morgan fingerprint density at radius 3 is 3.10 bits per heavy atom. The second-order valence-electron chi connectivity index (χ2n) is 4.81. The molecule has 0 amide bonds. The number of rotatable bonds is 4. The molecule has 1 aromatic heterocycles. The summed E-state index contributed by atoms with van der Waals surface area (Å²) in [6.45, 7) is 0. The first kappa shape index (κ1) is 13.5. The number of nitrogens with zero attached hydrogens (tertiary/aromatic N) is 3. The molecular weight excluding hydrogens is 272 g/mol. The number of thioether (sulfide) groups is 1. The maximum absolute atomic E-state index is 6.13. The summed E-state index contributed by atoms with van der Waals surface area (Å²) in [5, 5.41) is 7.47. The van der Waals surface area contributed by atoms with E-state index in [0.29, 0.717) is 0 Å². The molecule has 2 unspecified atom stereocenters. The van der Waals surface area contributed by atoms with Gasteiger partial charge in [0.15, 0.2) is 0 Å². The quantitative estimate of drug-likeness (QED) is 0.925. The van der Waals surface area contributed by atoms with E-state index in [2.05, 4.69) is 21.5 Å². The van der Waals surface area contributed by atoms with Crippen LogP contribution in [-0.2, 0) is 13.5 Å². The van der Waals surface area contributed by atoms with Crippen molar-refractivity contribution in [3.05, 3.63) is 36.4 Å². The van der Waals surface area contributed by atoms with Gasteiger partial charge in [0.05, 0.1) is 6.04 Å². The molecule has 2 aromatic rings. The van der Waals surface area contributed by atoms with Gasteiger partial charge in [0.2, 0.25) is 0 Å². The Bertz CT molecular complexity index is 586. The fourth-order valence-electron chi connectivity index (χ4n) is 2.36. The highest BCUT2D eigenvalue weighted by atomic mass is 32.2. The summed E-state index contributed by atoms with van der Waals surface area (Å²) in [6, 6.07) is 8.42. The second kappa shape index (κ2) is 5.85. The molecule has 6 heteroatoms. The molecule has 1 aliphatic heterocycles. The Morgan fingerprint density at radius 1 is 1.50 bits per heavy atom. The highest BCUT2D eigenvalue weighted by Gasteiger charge is 2.28. The molecule has 1 aromatic carbocycles. The van der Waals surface area contributed by atoms with Gasteiger partial charge in [-0.3, -0.25) is 4.68 Å². The summed E-state index contributed by atoms with van der Waals surface area (Å²) >= 11 is 1.85.